The number of furan rings is 1. The van der Waals surface area contributed by atoms with E-state index in [9.17, 15) is 20.2 Å². The van der Waals surface area contributed by atoms with Crippen LogP contribution in [0.2, 0.25) is 0 Å². The summed E-state index contributed by atoms with van der Waals surface area (Å²) in [5.41, 5.74) is 0.879. The fourth-order valence-electron chi connectivity index (χ4n) is 2.62. The maximum Gasteiger partial charge on any atom is 0.273 e. The highest BCUT2D eigenvalue weighted by Crippen LogP contribution is 2.39. The minimum atomic E-state index is -0.512. The Balaban J connectivity index is 2.03. The van der Waals surface area contributed by atoms with E-state index < -0.39 is 9.85 Å². The first-order valence-electron chi connectivity index (χ1n) is 7.70. The van der Waals surface area contributed by atoms with Crippen molar-refractivity contribution in [1.29, 1.82) is 0 Å². The largest absolute Gasteiger partial charge is 0.496 e. The van der Waals surface area contributed by atoms with Crippen LogP contribution in [0.4, 0.5) is 11.4 Å². The molecule has 0 spiro atoms. The lowest BCUT2D eigenvalue weighted by Gasteiger charge is -2.07. The van der Waals surface area contributed by atoms with E-state index in [0.717, 1.165) is 0 Å². The molecule has 0 aliphatic rings. The molecule has 1 aromatic heterocycles. The molecule has 1 heterocycles. The predicted octanol–water partition coefficient (Wildman–Crippen LogP) is 4.45. The molecule has 0 atom stereocenters. The third kappa shape index (κ3) is 3.43. The highest BCUT2D eigenvalue weighted by molar-refractivity contribution is 5.74. The van der Waals surface area contributed by atoms with Crippen LogP contribution in [0.3, 0.4) is 0 Å². The number of rotatable bonds is 6. The second kappa shape index (κ2) is 7.16. The molecule has 0 unspecified atom stereocenters. The Morgan fingerprint density at radius 2 is 1.15 bits per heavy atom. The lowest BCUT2D eigenvalue weighted by Crippen LogP contribution is -1.92. The first-order chi connectivity index (χ1) is 12.9. The van der Waals surface area contributed by atoms with E-state index in [4.69, 9.17) is 13.9 Å². The van der Waals surface area contributed by atoms with Gasteiger partial charge in [0.05, 0.1) is 47.3 Å². The molecule has 138 valence electrons. The first-order valence-corrected chi connectivity index (χ1v) is 7.70. The molecule has 0 saturated heterocycles. The van der Waals surface area contributed by atoms with Gasteiger partial charge in [0.25, 0.3) is 11.4 Å². The van der Waals surface area contributed by atoms with Crippen LogP contribution in [0.15, 0.2) is 52.9 Å². The summed E-state index contributed by atoms with van der Waals surface area (Å²) in [6.07, 6.45) is 0. The number of hydrogen-bond acceptors (Lipinski definition) is 7. The Kier molecular flexibility index (Phi) is 4.75. The van der Waals surface area contributed by atoms with Gasteiger partial charge in [-0.15, -0.1) is 0 Å². The Bertz CT molecular complexity index is 946. The Morgan fingerprint density at radius 1 is 0.741 bits per heavy atom. The Labute approximate surface area is 153 Å². The summed E-state index contributed by atoms with van der Waals surface area (Å²) < 4.78 is 16.3. The molecule has 0 bridgehead atoms. The van der Waals surface area contributed by atoms with Crippen LogP contribution >= 0.6 is 0 Å². The quantitative estimate of drug-likeness (QED) is 0.464. The third-order valence-electron chi connectivity index (χ3n) is 3.93. The molecule has 9 nitrogen and oxygen atoms in total. The summed E-state index contributed by atoms with van der Waals surface area (Å²) in [4.78, 5) is 20.8. The first kappa shape index (κ1) is 17.9. The van der Waals surface area contributed by atoms with Crippen LogP contribution in [-0.2, 0) is 0 Å². The topological polar surface area (TPSA) is 118 Å². The van der Waals surface area contributed by atoms with E-state index in [0.29, 0.717) is 34.1 Å². The number of ether oxygens (including phenoxy) is 2. The van der Waals surface area contributed by atoms with Gasteiger partial charge in [-0.05, 0) is 24.3 Å². The van der Waals surface area contributed by atoms with Gasteiger partial charge in [-0.25, -0.2) is 0 Å². The van der Waals surface area contributed by atoms with Gasteiger partial charge < -0.3 is 13.9 Å². The SMILES string of the molecule is COc1cc([N+](=O)[O-])ccc1-c1ccc(-c2ccc([N+](=O)[O-])cc2OC)o1. The third-order valence-corrected chi connectivity index (χ3v) is 3.93. The number of nitro groups is 2. The van der Waals surface area contributed by atoms with Crippen molar-refractivity contribution < 1.29 is 23.7 Å². The molecule has 0 N–H and O–H groups in total. The monoisotopic (exact) mass is 370 g/mol. The minimum absolute atomic E-state index is 0.0978. The number of non-ortho nitro benzene ring substituents is 2. The van der Waals surface area contributed by atoms with Crippen LogP contribution in [0.25, 0.3) is 22.6 Å². The number of nitro benzene ring substituents is 2. The lowest BCUT2D eigenvalue weighted by molar-refractivity contribution is -0.385. The second-order valence-electron chi connectivity index (χ2n) is 5.45. The van der Waals surface area contributed by atoms with Crippen molar-refractivity contribution in [2.24, 2.45) is 0 Å². The molecule has 3 aromatic rings. The summed E-state index contributed by atoms with van der Waals surface area (Å²) in [5, 5.41) is 21.8. The van der Waals surface area contributed by atoms with Crippen molar-refractivity contribution in [3.8, 4) is 34.1 Å². The van der Waals surface area contributed by atoms with Gasteiger partial charge in [-0.1, -0.05) is 0 Å². The lowest BCUT2D eigenvalue weighted by atomic mass is 10.1. The zero-order valence-corrected chi connectivity index (χ0v) is 14.4. The van der Waals surface area contributed by atoms with Crippen molar-refractivity contribution >= 4 is 11.4 Å². The van der Waals surface area contributed by atoms with Crippen molar-refractivity contribution in [3.05, 3.63) is 68.8 Å². The number of benzene rings is 2. The molecular weight excluding hydrogens is 356 g/mol. The Hall–Kier alpha value is -3.88. The minimum Gasteiger partial charge on any atom is -0.496 e. The maximum absolute atomic E-state index is 10.9. The van der Waals surface area contributed by atoms with E-state index in [-0.39, 0.29) is 11.4 Å². The van der Waals surface area contributed by atoms with E-state index in [1.165, 1.54) is 50.6 Å². The average molecular weight is 370 g/mol. The maximum atomic E-state index is 10.9. The summed E-state index contributed by atoms with van der Waals surface area (Å²) in [6, 6.07) is 11.8. The van der Waals surface area contributed by atoms with Gasteiger partial charge >= 0.3 is 0 Å². The van der Waals surface area contributed by atoms with E-state index >= 15 is 0 Å². The van der Waals surface area contributed by atoms with Gasteiger partial charge in [-0.3, -0.25) is 20.2 Å². The zero-order valence-electron chi connectivity index (χ0n) is 14.4. The summed E-state index contributed by atoms with van der Waals surface area (Å²) >= 11 is 0. The van der Waals surface area contributed by atoms with Gasteiger partial charge in [0, 0.05) is 12.1 Å². The molecule has 2 aromatic carbocycles. The van der Waals surface area contributed by atoms with Gasteiger partial charge in [-0.2, -0.15) is 0 Å². The van der Waals surface area contributed by atoms with Crippen molar-refractivity contribution in [3.63, 3.8) is 0 Å². The Morgan fingerprint density at radius 3 is 1.48 bits per heavy atom. The molecular formula is C18H14N2O7. The van der Waals surface area contributed by atoms with E-state index in [1.54, 1.807) is 12.1 Å². The number of methoxy groups -OCH3 is 2. The van der Waals surface area contributed by atoms with Crippen LogP contribution < -0.4 is 9.47 Å². The van der Waals surface area contributed by atoms with Crippen molar-refractivity contribution in [1.82, 2.24) is 0 Å². The summed E-state index contributed by atoms with van der Waals surface area (Å²) in [5.74, 6) is 1.44. The number of hydrogen-bond donors (Lipinski definition) is 0. The van der Waals surface area contributed by atoms with E-state index in [2.05, 4.69) is 0 Å². The van der Waals surface area contributed by atoms with Crippen LogP contribution in [0.5, 0.6) is 11.5 Å². The molecule has 3 rings (SSSR count). The number of nitrogens with zero attached hydrogens (tertiary/aromatic N) is 2. The highest BCUT2D eigenvalue weighted by Gasteiger charge is 2.18. The smallest absolute Gasteiger partial charge is 0.273 e. The fourth-order valence-corrected chi connectivity index (χ4v) is 2.62. The molecule has 0 saturated carbocycles. The van der Waals surface area contributed by atoms with Crippen molar-refractivity contribution in [2.45, 2.75) is 0 Å². The molecule has 0 aliphatic heterocycles. The predicted molar refractivity (Wildman–Crippen MR) is 96.0 cm³/mol. The van der Waals surface area contributed by atoms with Crippen molar-refractivity contribution in [2.75, 3.05) is 14.2 Å². The molecule has 0 aliphatic carbocycles. The standard InChI is InChI=1S/C18H14N2O7/c1-25-17-9-11(19(21)22)3-5-13(17)15-7-8-16(27-15)14-6-4-12(20(23)24)10-18(14)26-2/h3-10H,1-2H3. The molecule has 0 radical (unpaired) electrons. The molecule has 9 heteroatoms. The van der Waals surface area contributed by atoms with Crippen LogP contribution in [0, 0.1) is 20.2 Å². The van der Waals surface area contributed by atoms with Gasteiger partial charge in [0.1, 0.15) is 23.0 Å². The molecule has 27 heavy (non-hydrogen) atoms. The van der Waals surface area contributed by atoms with E-state index in [1.807, 2.05) is 0 Å². The normalized spacial score (nSPS) is 10.4. The van der Waals surface area contributed by atoms with Gasteiger partial charge in [0.15, 0.2) is 0 Å². The second-order valence-corrected chi connectivity index (χ2v) is 5.45. The summed E-state index contributed by atoms with van der Waals surface area (Å²) in [7, 11) is 2.82. The molecule has 0 amide bonds. The highest BCUT2D eigenvalue weighted by atomic mass is 16.6. The van der Waals surface area contributed by atoms with Gasteiger partial charge in [0.2, 0.25) is 0 Å². The zero-order chi connectivity index (χ0) is 19.6. The summed E-state index contributed by atoms with van der Waals surface area (Å²) in [6.45, 7) is 0. The fraction of sp³-hybridized carbons (Fsp3) is 0.111. The molecule has 0 fully saturated rings. The van der Waals surface area contributed by atoms with Crippen LogP contribution in [0.1, 0.15) is 0 Å². The van der Waals surface area contributed by atoms with Crippen LogP contribution in [-0.4, -0.2) is 24.1 Å². The average Bonchev–Trinajstić information content (AvgIpc) is 3.16.